The smallest absolute Gasteiger partial charge is 0.407 e. The molecule has 3 heterocycles. The van der Waals surface area contributed by atoms with E-state index in [-0.39, 0.29) is 53.5 Å². The van der Waals surface area contributed by atoms with Crippen molar-refractivity contribution in [3.63, 3.8) is 0 Å². The molecule has 3 aliphatic rings. The first-order valence-corrected chi connectivity index (χ1v) is 16.9. The molecule has 1 N–H and O–H groups in total. The quantitative estimate of drug-likeness (QED) is 0.298. The van der Waals surface area contributed by atoms with E-state index in [1.165, 1.54) is 4.31 Å². The number of aromatic nitrogens is 1. The van der Waals surface area contributed by atoms with Crippen molar-refractivity contribution in [2.75, 3.05) is 26.3 Å². The van der Waals surface area contributed by atoms with Gasteiger partial charge in [0.05, 0.1) is 24.3 Å². The van der Waals surface area contributed by atoms with Gasteiger partial charge < -0.3 is 23.9 Å². The Hall–Kier alpha value is -3.25. The standard InChI is InChI=1S/C33H41N3O7S/c1-21(2)18-36(44(38,39)27-11-9-24(10-12-27)30-17-34-22(3)42-30)14-13-26(15-23-7-5-4-6-8-23)35-33(37)43-31-25-16-28-29(31)20-41-32(28)40-19-25/h4-12,17,21,25-26,28-29,31-32H,13-16,18-20H2,1-3H3,(H,35,37). The fourth-order valence-corrected chi connectivity index (χ4v) is 8.37. The third-order valence-corrected chi connectivity index (χ3v) is 10.8. The molecule has 2 saturated heterocycles. The van der Waals surface area contributed by atoms with Crippen molar-refractivity contribution in [3.05, 3.63) is 72.2 Å². The second kappa shape index (κ2) is 13.0. The van der Waals surface area contributed by atoms with Crippen LogP contribution in [0.2, 0.25) is 0 Å². The summed E-state index contributed by atoms with van der Waals surface area (Å²) in [6.45, 7) is 7.41. The van der Waals surface area contributed by atoms with E-state index in [1.807, 2.05) is 44.2 Å². The van der Waals surface area contributed by atoms with Gasteiger partial charge in [-0.25, -0.2) is 18.2 Å². The first-order valence-electron chi connectivity index (χ1n) is 15.4. The molecule has 1 aromatic heterocycles. The lowest BCUT2D eigenvalue weighted by Crippen LogP contribution is -2.44. The van der Waals surface area contributed by atoms with Crippen molar-refractivity contribution in [2.24, 2.45) is 23.7 Å². The van der Waals surface area contributed by atoms with Gasteiger partial charge in [-0.05, 0) is 55.0 Å². The normalized spacial score (nSPS) is 25.0. The summed E-state index contributed by atoms with van der Waals surface area (Å²) in [5.41, 5.74) is 1.80. The zero-order chi connectivity index (χ0) is 30.8. The minimum absolute atomic E-state index is 0.105. The summed E-state index contributed by atoms with van der Waals surface area (Å²) in [4.78, 5) is 17.6. The van der Waals surface area contributed by atoms with E-state index in [1.54, 1.807) is 37.4 Å². The third kappa shape index (κ3) is 6.71. The minimum atomic E-state index is -3.81. The van der Waals surface area contributed by atoms with Gasteiger partial charge in [-0.3, -0.25) is 0 Å². The predicted molar refractivity (Wildman–Crippen MR) is 163 cm³/mol. The molecule has 3 aromatic rings. The van der Waals surface area contributed by atoms with E-state index in [2.05, 4.69) is 10.3 Å². The number of nitrogens with zero attached hydrogens (tertiary/aromatic N) is 2. The lowest BCUT2D eigenvalue weighted by atomic mass is 9.98. The molecule has 10 nitrogen and oxygen atoms in total. The van der Waals surface area contributed by atoms with Gasteiger partial charge in [-0.1, -0.05) is 44.2 Å². The fraction of sp³-hybridized carbons (Fsp3) is 0.515. The van der Waals surface area contributed by atoms with Gasteiger partial charge in [0.25, 0.3) is 0 Å². The molecular weight excluding hydrogens is 582 g/mol. The van der Waals surface area contributed by atoms with Crippen molar-refractivity contribution in [1.29, 1.82) is 0 Å². The molecule has 6 unspecified atom stereocenters. The molecule has 1 aliphatic carbocycles. The highest BCUT2D eigenvalue weighted by Crippen LogP contribution is 2.49. The first-order chi connectivity index (χ1) is 21.2. The Bertz CT molecular complexity index is 1530. The van der Waals surface area contributed by atoms with Crippen molar-refractivity contribution in [3.8, 4) is 11.3 Å². The van der Waals surface area contributed by atoms with E-state index < -0.39 is 16.1 Å². The first kappa shape index (κ1) is 30.8. The summed E-state index contributed by atoms with van der Waals surface area (Å²) in [6.07, 6.45) is 2.62. The van der Waals surface area contributed by atoms with Gasteiger partial charge in [-0.15, -0.1) is 0 Å². The maximum absolute atomic E-state index is 13.9. The SMILES string of the molecule is Cc1ncc(-c2ccc(S(=O)(=O)N(CCC(Cc3ccccc3)NC(=O)OC3C4COC5OCC3C5C4)CC(C)C)cc2)o1. The van der Waals surface area contributed by atoms with E-state index in [4.69, 9.17) is 18.6 Å². The molecule has 0 spiro atoms. The van der Waals surface area contributed by atoms with Crippen LogP contribution < -0.4 is 5.32 Å². The molecule has 6 atom stereocenters. The Balaban J connectivity index is 1.16. The molecule has 0 radical (unpaired) electrons. The van der Waals surface area contributed by atoms with Crippen LogP contribution in [0.1, 0.15) is 38.1 Å². The van der Waals surface area contributed by atoms with Crippen LogP contribution in [0.15, 0.2) is 70.1 Å². The lowest BCUT2D eigenvalue weighted by Gasteiger charge is -2.29. The highest BCUT2D eigenvalue weighted by atomic mass is 32.2. The second-order valence-corrected chi connectivity index (χ2v) is 14.5. The number of carbonyl (C=O) groups excluding carboxylic acids is 1. The van der Waals surface area contributed by atoms with Crippen molar-refractivity contribution in [2.45, 2.75) is 63.4 Å². The summed E-state index contributed by atoms with van der Waals surface area (Å²) in [6, 6.07) is 16.2. The number of alkyl carbamates (subject to hydrolysis) is 1. The number of oxazole rings is 1. The molecule has 236 valence electrons. The molecule has 2 bridgehead atoms. The Labute approximate surface area is 259 Å². The van der Waals surface area contributed by atoms with Crippen LogP contribution >= 0.6 is 0 Å². The molecule has 2 aromatic carbocycles. The van der Waals surface area contributed by atoms with Gasteiger partial charge in [0.2, 0.25) is 10.0 Å². The number of amides is 1. The summed E-state index contributed by atoms with van der Waals surface area (Å²) >= 11 is 0. The second-order valence-electron chi connectivity index (χ2n) is 12.6. The summed E-state index contributed by atoms with van der Waals surface area (Å²) in [5.74, 6) is 1.83. The average Bonchev–Trinajstić information content (AvgIpc) is 3.70. The molecule has 11 heteroatoms. The van der Waals surface area contributed by atoms with Crippen molar-refractivity contribution < 1.29 is 31.8 Å². The maximum Gasteiger partial charge on any atom is 0.407 e. The average molecular weight is 624 g/mol. The van der Waals surface area contributed by atoms with Gasteiger partial charge in [-0.2, -0.15) is 4.31 Å². The van der Waals surface area contributed by atoms with Crippen LogP contribution in [-0.4, -0.2) is 68.5 Å². The lowest BCUT2D eigenvalue weighted by molar-refractivity contribution is -0.169. The van der Waals surface area contributed by atoms with Gasteiger partial charge in [0.1, 0.15) is 6.10 Å². The van der Waals surface area contributed by atoms with Gasteiger partial charge in [0.15, 0.2) is 17.9 Å². The van der Waals surface area contributed by atoms with Crippen LogP contribution in [0.5, 0.6) is 0 Å². The number of benzene rings is 2. The Kier molecular flexibility index (Phi) is 9.09. The largest absolute Gasteiger partial charge is 0.445 e. The third-order valence-electron chi connectivity index (χ3n) is 8.87. The van der Waals surface area contributed by atoms with Crippen LogP contribution in [0.3, 0.4) is 0 Å². The van der Waals surface area contributed by atoms with Crippen molar-refractivity contribution in [1.82, 2.24) is 14.6 Å². The number of ether oxygens (including phenoxy) is 3. The molecule has 1 amide bonds. The molecule has 1 saturated carbocycles. The summed E-state index contributed by atoms with van der Waals surface area (Å²) in [7, 11) is -3.81. The molecular formula is C33H41N3O7S. The van der Waals surface area contributed by atoms with Crippen LogP contribution in [0.4, 0.5) is 4.79 Å². The van der Waals surface area contributed by atoms with Gasteiger partial charge in [0, 0.05) is 49.4 Å². The zero-order valence-electron chi connectivity index (χ0n) is 25.4. The fourth-order valence-electron chi connectivity index (χ4n) is 6.75. The van der Waals surface area contributed by atoms with Crippen LogP contribution in [0.25, 0.3) is 11.3 Å². The minimum Gasteiger partial charge on any atom is -0.445 e. The topological polar surface area (TPSA) is 120 Å². The zero-order valence-corrected chi connectivity index (χ0v) is 26.2. The number of rotatable bonds is 12. The molecule has 44 heavy (non-hydrogen) atoms. The number of aryl methyl sites for hydroxylation is 1. The van der Waals surface area contributed by atoms with Gasteiger partial charge >= 0.3 is 6.09 Å². The predicted octanol–water partition coefficient (Wildman–Crippen LogP) is 5.03. The Morgan fingerprint density at radius 3 is 2.52 bits per heavy atom. The summed E-state index contributed by atoms with van der Waals surface area (Å²) < 4.78 is 52.5. The van der Waals surface area contributed by atoms with Crippen molar-refractivity contribution >= 4 is 16.1 Å². The summed E-state index contributed by atoms with van der Waals surface area (Å²) in [5, 5.41) is 3.08. The molecule has 6 rings (SSSR count). The monoisotopic (exact) mass is 623 g/mol. The van der Waals surface area contributed by atoms with E-state index in [0.717, 1.165) is 17.5 Å². The Morgan fingerprint density at radius 1 is 1.07 bits per heavy atom. The number of hydrogen-bond acceptors (Lipinski definition) is 8. The van der Waals surface area contributed by atoms with E-state index in [0.29, 0.717) is 44.3 Å². The highest BCUT2D eigenvalue weighted by Gasteiger charge is 2.56. The number of sulfonamides is 1. The number of fused-ring (bicyclic) bond motifs is 1. The van der Waals surface area contributed by atoms with E-state index >= 15 is 0 Å². The molecule has 2 aliphatic heterocycles. The maximum atomic E-state index is 13.9. The van der Waals surface area contributed by atoms with E-state index in [9.17, 15) is 13.2 Å². The van der Waals surface area contributed by atoms with Crippen LogP contribution in [0, 0.1) is 30.6 Å². The highest BCUT2D eigenvalue weighted by molar-refractivity contribution is 7.89. The molecule has 3 fully saturated rings. The number of carbonyl (C=O) groups is 1. The number of hydrogen-bond donors (Lipinski definition) is 1. The number of nitrogens with one attached hydrogen (secondary N) is 1. The Morgan fingerprint density at radius 2 is 1.82 bits per heavy atom. The van der Waals surface area contributed by atoms with Crippen LogP contribution in [-0.2, 0) is 30.7 Å².